The van der Waals surface area contributed by atoms with Crippen LogP contribution in [0.2, 0.25) is 0 Å². The Morgan fingerprint density at radius 3 is 2.73 bits per heavy atom. The first-order valence-corrected chi connectivity index (χ1v) is 7.31. The van der Waals surface area contributed by atoms with E-state index in [1.165, 1.54) is 23.5 Å². The molecule has 4 aromatic rings. The van der Waals surface area contributed by atoms with E-state index in [9.17, 15) is 4.39 Å². The highest BCUT2D eigenvalue weighted by Gasteiger charge is 2.14. The summed E-state index contributed by atoms with van der Waals surface area (Å²) in [6.07, 6.45) is 5.31. The Morgan fingerprint density at radius 1 is 1.09 bits per heavy atom. The average molecular weight is 312 g/mol. The lowest BCUT2D eigenvalue weighted by atomic mass is 10.2. The smallest absolute Gasteiger partial charge is 0.235 e. The van der Waals surface area contributed by atoms with Gasteiger partial charge in [-0.15, -0.1) is 10.2 Å². The maximum Gasteiger partial charge on any atom is 0.235 e. The van der Waals surface area contributed by atoms with Gasteiger partial charge in [0.05, 0.1) is 6.26 Å². The largest absolute Gasteiger partial charge is 0.461 e. The molecule has 22 heavy (non-hydrogen) atoms. The molecule has 0 aliphatic carbocycles. The Balaban J connectivity index is 1.67. The third-order valence-corrected chi connectivity index (χ3v) is 3.90. The van der Waals surface area contributed by atoms with Gasteiger partial charge in [-0.1, -0.05) is 29.5 Å². The zero-order valence-electron chi connectivity index (χ0n) is 11.2. The van der Waals surface area contributed by atoms with Crippen molar-refractivity contribution in [3.63, 3.8) is 0 Å². The maximum atomic E-state index is 12.9. The average Bonchev–Trinajstić information content (AvgIpc) is 3.22. The van der Waals surface area contributed by atoms with Crippen molar-refractivity contribution in [1.29, 1.82) is 0 Å². The molecular formula is C15H9FN4OS. The van der Waals surface area contributed by atoms with Crippen LogP contribution in [-0.4, -0.2) is 19.8 Å². The van der Waals surface area contributed by atoms with Crippen LogP contribution in [0, 0.1) is 5.82 Å². The van der Waals surface area contributed by atoms with E-state index in [4.69, 9.17) is 4.42 Å². The molecule has 4 rings (SSSR count). The number of hydrogen-bond donors (Lipinski definition) is 0. The molecule has 0 amide bonds. The number of rotatable bonds is 3. The summed E-state index contributed by atoms with van der Waals surface area (Å²) in [5.41, 5.74) is 0.902. The molecule has 0 fully saturated rings. The third-order valence-electron chi connectivity index (χ3n) is 3.04. The molecule has 3 aromatic heterocycles. The molecule has 5 nitrogen and oxygen atoms in total. The summed E-state index contributed by atoms with van der Waals surface area (Å²) in [5.74, 6) is 0.934. The highest BCUT2D eigenvalue weighted by Crippen LogP contribution is 2.22. The quantitative estimate of drug-likeness (QED) is 0.578. The van der Waals surface area contributed by atoms with E-state index >= 15 is 0 Å². The molecule has 0 saturated heterocycles. The minimum Gasteiger partial charge on any atom is -0.461 e. The summed E-state index contributed by atoms with van der Waals surface area (Å²) in [5, 5.41) is 13.4. The summed E-state index contributed by atoms with van der Waals surface area (Å²) >= 11 is 1.41. The van der Waals surface area contributed by atoms with Crippen LogP contribution in [0.15, 0.2) is 47.1 Å². The molecule has 0 N–H and O–H groups in total. The predicted molar refractivity (Wildman–Crippen MR) is 81.7 cm³/mol. The molecule has 0 bridgehead atoms. The lowest BCUT2D eigenvalue weighted by Crippen LogP contribution is -1.89. The molecule has 108 valence electrons. The van der Waals surface area contributed by atoms with Crippen molar-refractivity contribution in [2.75, 3.05) is 0 Å². The van der Waals surface area contributed by atoms with Crippen LogP contribution in [0.25, 0.3) is 28.7 Å². The van der Waals surface area contributed by atoms with E-state index in [2.05, 4.69) is 15.3 Å². The fourth-order valence-electron chi connectivity index (χ4n) is 2.00. The van der Waals surface area contributed by atoms with E-state index in [-0.39, 0.29) is 5.82 Å². The highest BCUT2D eigenvalue weighted by molar-refractivity contribution is 7.17. The van der Waals surface area contributed by atoms with E-state index in [0.29, 0.717) is 16.5 Å². The van der Waals surface area contributed by atoms with Crippen molar-refractivity contribution in [2.24, 2.45) is 0 Å². The predicted octanol–water partition coefficient (Wildman–Crippen LogP) is 3.76. The monoisotopic (exact) mass is 312 g/mol. The number of halogens is 1. The molecule has 3 heterocycles. The number of hydrogen-bond acceptors (Lipinski definition) is 5. The summed E-state index contributed by atoms with van der Waals surface area (Å²) < 4.78 is 19.8. The SMILES string of the molecule is Fc1ccc(/C=C/c2nn3c(-c4ccco4)nnc3s2)cc1. The molecule has 0 spiro atoms. The number of aromatic nitrogens is 4. The number of nitrogens with zero attached hydrogens (tertiary/aromatic N) is 4. The number of furan rings is 1. The van der Waals surface area contributed by atoms with Gasteiger partial charge in [-0.25, -0.2) is 4.39 Å². The topological polar surface area (TPSA) is 56.2 Å². The van der Waals surface area contributed by atoms with Gasteiger partial charge in [0.25, 0.3) is 0 Å². The van der Waals surface area contributed by atoms with Gasteiger partial charge < -0.3 is 4.42 Å². The Labute approximate surface area is 128 Å². The van der Waals surface area contributed by atoms with Gasteiger partial charge >= 0.3 is 0 Å². The first-order valence-electron chi connectivity index (χ1n) is 6.49. The summed E-state index contributed by atoms with van der Waals surface area (Å²) in [6.45, 7) is 0. The molecule has 0 radical (unpaired) electrons. The fourth-order valence-corrected chi connectivity index (χ4v) is 2.74. The van der Waals surface area contributed by atoms with Gasteiger partial charge in [-0.05, 0) is 35.9 Å². The van der Waals surface area contributed by atoms with Gasteiger partial charge in [0.15, 0.2) is 5.76 Å². The second-order valence-corrected chi connectivity index (χ2v) is 5.51. The van der Waals surface area contributed by atoms with Crippen LogP contribution >= 0.6 is 11.3 Å². The van der Waals surface area contributed by atoms with Gasteiger partial charge in [0, 0.05) is 0 Å². The van der Waals surface area contributed by atoms with E-state index < -0.39 is 0 Å². The van der Waals surface area contributed by atoms with Crippen LogP contribution in [0.5, 0.6) is 0 Å². The summed E-state index contributed by atoms with van der Waals surface area (Å²) in [7, 11) is 0. The zero-order valence-corrected chi connectivity index (χ0v) is 12.0. The van der Waals surface area contributed by atoms with Crippen LogP contribution in [-0.2, 0) is 0 Å². The lowest BCUT2D eigenvalue weighted by molar-refractivity contribution is 0.575. The fraction of sp³-hybridized carbons (Fsp3) is 0. The first-order chi connectivity index (χ1) is 10.8. The van der Waals surface area contributed by atoms with Crippen molar-refractivity contribution < 1.29 is 8.81 Å². The van der Waals surface area contributed by atoms with Gasteiger partial charge in [-0.2, -0.15) is 9.61 Å². The minimum atomic E-state index is -0.251. The van der Waals surface area contributed by atoms with E-state index in [0.717, 1.165) is 10.6 Å². The molecule has 0 atom stereocenters. The normalized spacial score (nSPS) is 11.7. The molecule has 7 heteroatoms. The van der Waals surface area contributed by atoms with E-state index in [1.54, 1.807) is 29.0 Å². The maximum absolute atomic E-state index is 12.9. The van der Waals surface area contributed by atoms with Crippen LogP contribution in [0.3, 0.4) is 0 Å². The number of benzene rings is 1. The van der Waals surface area contributed by atoms with Gasteiger partial charge in [0.2, 0.25) is 10.8 Å². The highest BCUT2D eigenvalue weighted by atomic mass is 32.1. The van der Waals surface area contributed by atoms with Crippen molar-refractivity contribution in [3.8, 4) is 11.6 Å². The second kappa shape index (κ2) is 5.19. The molecule has 1 aromatic carbocycles. The Morgan fingerprint density at radius 2 is 1.95 bits per heavy atom. The number of fused-ring (bicyclic) bond motifs is 1. The van der Waals surface area contributed by atoms with Crippen molar-refractivity contribution >= 4 is 28.4 Å². The molecule has 0 unspecified atom stereocenters. The Hall–Kier alpha value is -2.80. The molecule has 0 saturated carbocycles. The minimum absolute atomic E-state index is 0.251. The third kappa shape index (κ3) is 2.31. The molecule has 0 aliphatic heterocycles. The lowest BCUT2D eigenvalue weighted by Gasteiger charge is -1.91. The van der Waals surface area contributed by atoms with Gasteiger partial charge in [0.1, 0.15) is 10.8 Å². The van der Waals surface area contributed by atoms with Crippen molar-refractivity contribution in [3.05, 3.63) is 59.0 Å². The van der Waals surface area contributed by atoms with Crippen molar-refractivity contribution in [2.45, 2.75) is 0 Å². The first kappa shape index (κ1) is 12.9. The van der Waals surface area contributed by atoms with Crippen molar-refractivity contribution in [1.82, 2.24) is 19.8 Å². The summed E-state index contributed by atoms with van der Waals surface area (Å²) in [6, 6.07) is 9.86. The Bertz CT molecular complexity index is 938. The summed E-state index contributed by atoms with van der Waals surface area (Å²) in [4.78, 5) is 0.685. The Kier molecular flexibility index (Phi) is 3.05. The molecule has 0 aliphatic rings. The molecular weight excluding hydrogens is 303 g/mol. The van der Waals surface area contributed by atoms with E-state index in [1.807, 2.05) is 18.2 Å². The van der Waals surface area contributed by atoms with Gasteiger partial charge in [-0.3, -0.25) is 0 Å². The second-order valence-electron chi connectivity index (χ2n) is 4.52. The van der Waals surface area contributed by atoms with Crippen LogP contribution < -0.4 is 0 Å². The zero-order chi connectivity index (χ0) is 14.9. The standard InChI is InChI=1S/C15H9FN4OS/c16-11-6-3-10(4-7-11)5-8-13-19-20-14(12-2-1-9-21-12)17-18-15(20)22-13/h1-9H/b8-5+. The van der Waals surface area contributed by atoms with Crippen LogP contribution in [0.4, 0.5) is 4.39 Å². The van der Waals surface area contributed by atoms with Crippen LogP contribution in [0.1, 0.15) is 10.6 Å².